The third-order valence-corrected chi connectivity index (χ3v) is 4.17. The SMILES string of the molecule is COc1cc(/C=C/C(=O)OC(C)C(=O)N2CCCCCC2)ccc1O. The molecule has 0 aromatic heterocycles. The highest BCUT2D eigenvalue weighted by Gasteiger charge is 2.23. The van der Waals surface area contributed by atoms with Crippen molar-refractivity contribution in [1.29, 1.82) is 0 Å². The van der Waals surface area contributed by atoms with Crippen LogP contribution in [-0.4, -0.2) is 48.2 Å². The van der Waals surface area contributed by atoms with Gasteiger partial charge in [-0.05, 0) is 43.5 Å². The Balaban J connectivity index is 1.91. The molecule has 1 aliphatic rings. The van der Waals surface area contributed by atoms with Gasteiger partial charge in [0.15, 0.2) is 17.6 Å². The fourth-order valence-electron chi connectivity index (χ4n) is 2.77. The molecule has 6 nitrogen and oxygen atoms in total. The van der Waals surface area contributed by atoms with Gasteiger partial charge in [0.05, 0.1) is 7.11 Å². The Labute approximate surface area is 148 Å². The zero-order valence-electron chi connectivity index (χ0n) is 14.7. The molecule has 0 radical (unpaired) electrons. The second-order valence-electron chi connectivity index (χ2n) is 6.08. The van der Waals surface area contributed by atoms with E-state index in [4.69, 9.17) is 9.47 Å². The van der Waals surface area contributed by atoms with Crippen LogP contribution in [0, 0.1) is 0 Å². The average Bonchev–Trinajstić information content (AvgIpc) is 2.89. The summed E-state index contributed by atoms with van der Waals surface area (Å²) in [6.45, 7) is 3.05. The molecule has 1 amide bonds. The predicted octanol–water partition coefficient (Wildman–Crippen LogP) is 2.75. The number of methoxy groups -OCH3 is 1. The first-order valence-electron chi connectivity index (χ1n) is 8.55. The number of nitrogens with zero attached hydrogens (tertiary/aromatic N) is 1. The number of likely N-dealkylation sites (tertiary alicyclic amines) is 1. The van der Waals surface area contributed by atoms with Crippen LogP contribution in [0.2, 0.25) is 0 Å². The molecule has 136 valence electrons. The molecule has 1 heterocycles. The quantitative estimate of drug-likeness (QED) is 0.655. The number of amides is 1. The number of esters is 1. The minimum atomic E-state index is -0.801. The maximum absolute atomic E-state index is 12.4. The van der Waals surface area contributed by atoms with E-state index in [9.17, 15) is 14.7 Å². The molecular weight excluding hydrogens is 322 g/mol. The molecule has 1 aromatic rings. The summed E-state index contributed by atoms with van der Waals surface area (Å²) in [5.41, 5.74) is 0.679. The zero-order chi connectivity index (χ0) is 18.2. The number of aromatic hydroxyl groups is 1. The van der Waals surface area contributed by atoms with Crippen LogP contribution in [0.25, 0.3) is 6.08 Å². The van der Waals surface area contributed by atoms with Gasteiger partial charge in [-0.2, -0.15) is 0 Å². The maximum Gasteiger partial charge on any atom is 0.331 e. The van der Waals surface area contributed by atoms with Crippen LogP contribution in [0.4, 0.5) is 0 Å². The summed E-state index contributed by atoms with van der Waals surface area (Å²) < 4.78 is 10.2. The summed E-state index contributed by atoms with van der Waals surface area (Å²) in [5.74, 6) is -0.378. The molecule has 1 saturated heterocycles. The molecule has 0 bridgehead atoms. The van der Waals surface area contributed by atoms with Crippen LogP contribution in [0.1, 0.15) is 38.2 Å². The molecule has 1 aliphatic heterocycles. The lowest BCUT2D eigenvalue weighted by atomic mass is 10.2. The summed E-state index contributed by atoms with van der Waals surface area (Å²) >= 11 is 0. The number of rotatable bonds is 5. The number of carbonyl (C=O) groups is 2. The van der Waals surface area contributed by atoms with Gasteiger partial charge in [0, 0.05) is 19.2 Å². The lowest BCUT2D eigenvalue weighted by molar-refractivity contribution is -0.155. The fraction of sp³-hybridized carbons (Fsp3) is 0.474. The molecule has 1 N–H and O–H groups in total. The molecular formula is C19H25NO5. The number of phenolic OH excluding ortho intramolecular Hbond substituents is 1. The number of phenols is 1. The third kappa shape index (κ3) is 5.52. The highest BCUT2D eigenvalue weighted by atomic mass is 16.5. The van der Waals surface area contributed by atoms with Crippen LogP contribution >= 0.6 is 0 Å². The standard InChI is InChI=1S/C19H25NO5/c1-14(19(23)20-11-5-3-4-6-12-20)25-18(22)10-8-15-7-9-16(21)17(13-15)24-2/h7-10,13-14,21H,3-6,11-12H2,1-2H3/b10-8+. The second-order valence-corrected chi connectivity index (χ2v) is 6.08. The first-order valence-corrected chi connectivity index (χ1v) is 8.55. The molecule has 1 atom stereocenters. The van der Waals surface area contributed by atoms with Crippen LogP contribution in [0.5, 0.6) is 11.5 Å². The van der Waals surface area contributed by atoms with Gasteiger partial charge in [0.1, 0.15) is 0 Å². The molecule has 0 saturated carbocycles. The molecule has 6 heteroatoms. The Morgan fingerprint density at radius 3 is 2.52 bits per heavy atom. The average molecular weight is 347 g/mol. The first kappa shape index (κ1) is 18.8. The summed E-state index contributed by atoms with van der Waals surface area (Å²) in [5, 5.41) is 9.55. The van der Waals surface area contributed by atoms with Gasteiger partial charge >= 0.3 is 5.97 Å². The summed E-state index contributed by atoms with van der Waals surface area (Å²) in [6, 6.07) is 4.73. The van der Waals surface area contributed by atoms with Crippen molar-refractivity contribution in [2.45, 2.75) is 38.7 Å². The Morgan fingerprint density at radius 1 is 1.20 bits per heavy atom. The lowest BCUT2D eigenvalue weighted by Crippen LogP contribution is -2.40. The summed E-state index contributed by atoms with van der Waals surface area (Å²) in [6.07, 6.45) is 6.27. The van der Waals surface area contributed by atoms with Crippen molar-refractivity contribution < 1.29 is 24.2 Å². The van der Waals surface area contributed by atoms with E-state index >= 15 is 0 Å². The van der Waals surface area contributed by atoms with Gasteiger partial charge in [-0.15, -0.1) is 0 Å². The van der Waals surface area contributed by atoms with E-state index < -0.39 is 12.1 Å². The Bertz CT molecular complexity index is 633. The second kappa shape index (κ2) is 9.11. The topological polar surface area (TPSA) is 76.1 Å². The minimum Gasteiger partial charge on any atom is -0.504 e. The van der Waals surface area contributed by atoms with Crippen molar-refractivity contribution in [3.05, 3.63) is 29.8 Å². The largest absolute Gasteiger partial charge is 0.504 e. The smallest absolute Gasteiger partial charge is 0.331 e. The van der Waals surface area contributed by atoms with Gasteiger partial charge in [0.2, 0.25) is 0 Å². The van der Waals surface area contributed by atoms with Gasteiger partial charge in [-0.1, -0.05) is 18.9 Å². The van der Waals surface area contributed by atoms with Crippen molar-refractivity contribution in [3.63, 3.8) is 0 Å². The minimum absolute atomic E-state index is 0.0268. The molecule has 1 fully saturated rings. The maximum atomic E-state index is 12.4. The number of hydrogen-bond donors (Lipinski definition) is 1. The zero-order valence-corrected chi connectivity index (χ0v) is 14.7. The lowest BCUT2D eigenvalue weighted by Gasteiger charge is -2.23. The van der Waals surface area contributed by atoms with Crippen molar-refractivity contribution in [1.82, 2.24) is 4.90 Å². The van der Waals surface area contributed by atoms with Crippen molar-refractivity contribution in [2.75, 3.05) is 20.2 Å². The van der Waals surface area contributed by atoms with E-state index in [1.807, 2.05) is 0 Å². The molecule has 25 heavy (non-hydrogen) atoms. The van der Waals surface area contributed by atoms with Crippen LogP contribution in [0.3, 0.4) is 0 Å². The van der Waals surface area contributed by atoms with Crippen molar-refractivity contribution in [3.8, 4) is 11.5 Å². The van der Waals surface area contributed by atoms with E-state index in [1.165, 1.54) is 19.3 Å². The van der Waals surface area contributed by atoms with Gasteiger partial charge in [-0.3, -0.25) is 4.79 Å². The van der Waals surface area contributed by atoms with Gasteiger partial charge in [0.25, 0.3) is 5.91 Å². The van der Waals surface area contributed by atoms with Crippen LogP contribution < -0.4 is 4.74 Å². The predicted molar refractivity (Wildman–Crippen MR) is 94.3 cm³/mol. The van der Waals surface area contributed by atoms with Gasteiger partial charge in [-0.25, -0.2) is 4.79 Å². The van der Waals surface area contributed by atoms with Crippen molar-refractivity contribution >= 4 is 18.0 Å². The number of benzene rings is 1. The normalized spacial score (nSPS) is 16.3. The summed E-state index contributed by atoms with van der Waals surface area (Å²) in [7, 11) is 1.45. The Kier molecular flexibility index (Phi) is 6.86. The van der Waals surface area contributed by atoms with E-state index in [2.05, 4.69) is 0 Å². The third-order valence-electron chi connectivity index (χ3n) is 4.17. The Hall–Kier alpha value is -2.50. The fourth-order valence-corrected chi connectivity index (χ4v) is 2.77. The molecule has 1 aromatic carbocycles. The molecule has 0 aliphatic carbocycles. The van der Waals surface area contributed by atoms with Crippen LogP contribution in [0.15, 0.2) is 24.3 Å². The van der Waals surface area contributed by atoms with Gasteiger partial charge < -0.3 is 19.5 Å². The van der Waals surface area contributed by atoms with E-state index in [0.29, 0.717) is 11.3 Å². The van der Waals surface area contributed by atoms with E-state index in [1.54, 1.807) is 30.0 Å². The highest BCUT2D eigenvalue weighted by molar-refractivity contribution is 5.90. The van der Waals surface area contributed by atoms with E-state index in [0.717, 1.165) is 38.8 Å². The number of ether oxygens (including phenoxy) is 2. The highest BCUT2D eigenvalue weighted by Crippen LogP contribution is 2.26. The van der Waals surface area contributed by atoms with Crippen molar-refractivity contribution in [2.24, 2.45) is 0 Å². The van der Waals surface area contributed by atoms with E-state index in [-0.39, 0.29) is 11.7 Å². The molecule has 2 rings (SSSR count). The molecule has 0 spiro atoms. The molecule has 1 unspecified atom stereocenters. The summed E-state index contributed by atoms with van der Waals surface area (Å²) in [4.78, 5) is 26.1. The Morgan fingerprint density at radius 2 is 1.88 bits per heavy atom. The monoisotopic (exact) mass is 347 g/mol. The first-order chi connectivity index (χ1) is 12.0. The number of hydrogen-bond acceptors (Lipinski definition) is 5. The van der Waals surface area contributed by atoms with Crippen LogP contribution in [-0.2, 0) is 14.3 Å². The number of carbonyl (C=O) groups excluding carboxylic acids is 2.